The van der Waals surface area contributed by atoms with Crippen LogP contribution in [0.15, 0.2) is 12.1 Å². The predicted molar refractivity (Wildman–Crippen MR) is 53.2 cm³/mol. The van der Waals surface area contributed by atoms with Gasteiger partial charge in [-0.25, -0.2) is 8.78 Å². The van der Waals surface area contributed by atoms with E-state index in [9.17, 15) is 13.6 Å². The van der Waals surface area contributed by atoms with Crippen molar-refractivity contribution >= 4 is 12.0 Å². The largest absolute Gasteiger partial charge is 0.367 e. The van der Waals surface area contributed by atoms with Crippen molar-refractivity contribution < 1.29 is 13.6 Å². The molecule has 1 saturated carbocycles. The van der Waals surface area contributed by atoms with Crippen molar-refractivity contribution in [3.8, 4) is 0 Å². The molecule has 0 radical (unpaired) electrons. The SMILES string of the molecule is CN(c1c(F)cc(C=O)cc1F)C1CC1. The van der Waals surface area contributed by atoms with E-state index in [-0.39, 0.29) is 17.3 Å². The highest BCUT2D eigenvalue weighted by Gasteiger charge is 2.29. The number of benzene rings is 1. The Morgan fingerprint density at radius 2 is 1.87 bits per heavy atom. The summed E-state index contributed by atoms with van der Waals surface area (Å²) in [4.78, 5) is 12.0. The van der Waals surface area contributed by atoms with Crippen LogP contribution in [0.4, 0.5) is 14.5 Å². The second-order valence-electron chi connectivity index (χ2n) is 3.79. The van der Waals surface area contributed by atoms with E-state index in [4.69, 9.17) is 0 Å². The zero-order valence-electron chi connectivity index (χ0n) is 8.34. The van der Waals surface area contributed by atoms with Crippen LogP contribution in [0.2, 0.25) is 0 Å². The van der Waals surface area contributed by atoms with Crippen LogP contribution >= 0.6 is 0 Å². The molecule has 15 heavy (non-hydrogen) atoms. The molecule has 1 aliphatic carbocycles. The number of aldehydes is 1. The van der Waals surface area contributed by atoms with E-state index in [2.05, 4.69) is 0 Å². The molecule has 0 unspecified atom stereocenters. The molecule has 0 saturated heterocycles. The summed E-state index contributed by atoms with van der Waals surface area (Å²) in [6.45, 7) is 0. The van der Waals surface area contributed by atoms with Crippen LogP contribution in [-0.2, 0) is 0 Å². The molecule has 0 spiro atoms. The Hall–Kier alpha value is -1.45. The van der Waals surface area contributed by atoms with Crippen molar-refractivity contribution in [2.45, 2.75) is 18.9 Å². The maximum absolute atomic E-state index is 13.5. The van der Waals surface area contributed by atoms with Gasteiger partial charge in [-0.3, -0.25) is 4.79 Å². The van der Waals surface area contributed by atoms with Gasteiger partial charge in [0.25, 0.3) is 0 Å². The number of carbonyl (C=O) groups is 1. The highest BCUT2D eigenvalue weighted by atomic mass is 19.1. The van der Waals surface area contributed by atoms with Gasteiger partial charge < -0.3 is 4.90 Å². The lowest BCUT2D eigenvalue weighted by Crippen LogP contribution is -2.22. The summed E-state index contributed by atoms with van der Waals surface area (Å²) in [5.74, 6) is -1.35. The number of hydrogen-bond donors (Lipinski definition) is 0. The Morgan fingerprint density at radius 3 is 2.27 bits per heavy atom. The van der Waals surface area contributed by atoms with Gasteiger partial charge in [0, 0.05) is 18.7 Å². The Morgan fingerprint density at radius 1 is 1.33 bits per heavy atom. The lowest BCUT2D eigenvalue weighted by molar-refractivity contribution is 0.112. The van der Waals surface area contributed by atoms with Crippen molar-refractivity contribution in [1.82, 2.24) is 0 Å². The summed E-state index contributed by atoms with van der Waals surface area (Å²) >= 11 is 0. The van der Waals surface area contributed by atoms with Crippen LogP contribution < -0.4 is 4.90 Å². The molecule has 0 aromatic heterocycles. The van der Waals surface area contributed by atoms with Crippen LogP contribution in [-0.4, -0.2) is 19.4 Å². The molecule has 80 valence electrons. The second-order valence-corrected chi connectivity index (χ2v) is 3.79. The minimum atomic E-state index is -0.675. The fourth-order valence-corrected chi connectivity index (χ4v) is 1.63. The summed E-state index contributed by atoms with van der Waals surface area (Å²) in [6.07, 6.45) is 2.36. The number of hydrogen-bond acceptors (Lipinski definition) is 2. The Bertz CT molecular complexity index is 379. The van der Waals surface area contributed by atoms with Gasteiger partial charge in [-0.1, -0.05) is 0 Å². The number of nitrogens with zero attached hydrogens (tertiary/aromatic N) is 1. The smallest absolute Gasteiger partial charge is 0.150 e. The summed E-state index contributed by atoms with van der Waals surface area (Å²) in [5.41, 5.74) is -0.0129. The molecule has 2 nitrogen and oxygen atoms in total. The molecular weight excluding hydrogens is 200 g/mol. The first kappa shape index (κ1) is 10.1. The molecular formula is C11H11F2NO. The third-order valence-corrected chi connectivity index (χ3v) is 2.62. The number of anilines is 1. The average molecular weight is 211 g/mol. The van der Waals surface area contributed by atoms with E-state index < -0.39 is 11.6 Å². The van der Waals surface area contributed by atoms with Gasteiger partial charge in [-0.15, -0.1) is 0 Å². The first-order chi connectivity index (χ1) is 7.13. The van der Waals surface area contributed by atoms with Crippen molar-refractivity contribution in [1.29, 1.82) is 0 Å². The van der Waals surface area contributed by atoms with Gasteiger partial charge >= 0.3 is 0 Å². The standard InChI is InChI=1S/C11H11F2NO/c1-14(8-2-3-8)11-9(12)4-7(6-15)5-10(11)13/h4-6,8H,2-3H2,1H3. The molecule has 4 heteroatoms. The van der Waals surface area contributed by atoms with Gasteiger partial charge in [0.15, 0.2) is 0 Å². The zero-order valence-corrected chi connectivity index (χ0v) is 8.34. The molecule has 1 aliphatic rings. The molecule has 2 rings (SSSR count). The maximum atomic E-state index is 13.5. The van der Waals surface area contributed by atoms with Crippen molar-refractivity contribution in [2.75, 3.05) is 11.9 Å². The molecule has 1 aromatic carbocycles. The Kier molecular flexibility index (Phi) is 2.42. The normalized spacial score (nSPS) is 15.1. The van der Waals surface area contributed by atoms with E-state index in [1.165, 1.54) is 0 Å². The van der Waals surface area contributed by atoms with Gasteiger partial charge in [-0.2, -0.15) is 0 Å². The molecule has 0 bridgehead atoms. The fraction of sp³-hybridized carbons (Fsp3) is 0.364. The van der Waals surface area contributed by atoms with Crippen LogP contribution in [0.1, 0.15) is 23.2 Å². The van der Waals surface area contributed by atoms with E-state index >= 15 is 0 Å². The molecule has 1 fully saturated rings. The summed E-state index contributed by atoms with van der Waals surface area (Å²) in [5, 5.41) is 0. The van der Waals surface area contributed by atoms with E-state index in [0.29, 0.717) is 6.29 Å². The average Bonchev–Trinajstić information content (AvgIpc) is 2.99. The minimum absolute atomic E-state index is 0.0259. The molecule has 0 heterocycles. The summed E-state index contributed by atoms with van der Waals surface area (Å²) < 4.78 is 27.0. The lowest BCUT2D eigenvalue weighted by Gasteiger charge is -2.20. The molecule has 1 aromatic rings. The van der Waals surface area contributed by atoms with Crippen LogP contribution in [0.25, 0.3) is 0 Å². The molecule has 0 N–H and O–H groups in total. The first-order valence-corrected chi connectivity index (χ1v) is 4.80. The third kappa shape index (κ3) is 1.84. The summed E-state index contributed by atoms with van der Waals surface area (Å²) in [7, 11) is 1.67. The molecule has 0 aliphatic heterocycles. The lowest BCUT2D eigenvalue weighted by atomic mass is 10.2. The second kappa shape index (κ2) is 3.61. The quantitative estimate of drug-likeness (QED) is 0.715. The van der Waals surface area contributed by atoms with Gasteiger partial charge in [-0.05, 0) is 25.0 Å². The summed E-state index contributed by atoms with van der Waals surface area (Å²) in [6, 6.07) is 2.35. The van der Waals surface area contributed by atoms with Crippen molar-refractivity contribution in [3.05, 3.63) is 29.3 Å². The first-order valence-electron chi connectivity index (χ1n) is 4.80. The zero-order chi connectivity index (χ0) is 11.0. The van der Waals surface area contributed by atoms with E-state index in [1.54, 1.807) is 11.9 Å². The monoisotopic (exact) mass is 211 g/mol. The fourth-order valence-electron chi connectivity index (χ4n) is 1.63. The predicted octanol–water partition coefficient (Wildman–Crippen LogP) is 2.38. The highest BCUT2D eigenvalue weighted by molar-refractivity contribution is 5.76. The van der Waals surface area contributed by atoms with Crippen LogP contribution in [0.5, 0.6) is 0 Å². The van der Waals surface area contributed by atoms with Gasteiger partial charge in [0.05, 0.1) is 0 Å². The van der Waals surface area contributed by atoms with Crippen LogP contribution in [0.3, 0.4) is 0 Å². The minimum Gasteiger partial charge on any atom is -0.367 e. The van der Waals surface area contributed by atoms with E-state index in [1.807, 2.05) is 0 Å². The number of carbonyl (C=O) groups excluding carboxylic acids is 1. The maximum Gasteiger partial charge on any atom is 0.150 e. The molecule has 0 atom stereocenters. The number of rotatable bonds is 3. The van der Waals surface area contributed by atoms with Crippen LogP contribution in [0, 0.1) is 11.6 Å². The Balaban J connectivity index is 2.41. The topological polar surface area (TPSA) is 20.3 Å². The highest BCUT2D eigenvalue weighted by Crippen LogP contribution is 2.33. The Labute approximate surface area is 86.5 Å². The van der Waals surface area contributed by atoms with Crippen molar-refractivity contribution in [3.63, 3.8) is 0 Å². The van der Waals surface area contributed by atoms with Crippen molar-refractivity contribution in [2.24, 2.45) is 0 Å². The number of halogens is 2. The van der Waals surface area contributed by atoms with Gasteiger partial charge in [0.1, 0.15) is 23.6 Å². The van der Waals surface area contributed by atoms with E-state index in [0.717, 1.165) is 25.0 Å². The third-order valence-electron chi connectivity index (χ3n) is 2.62. The van der Waals surface area contributed by atoms with Gasteiger partial charge in [0.2, 0.25) is 0 Å². The molecule has 0 amide bonds.